The first-order chi connectivity index (χ1) is 14.3. The smallest absolute Gasteiger partial charge is 0.264 e. The number of carbonyl (C=O) groups is 2. The summed E-state index contributed by atoms with van der Waals surface area (Å²) in [5.41, 5.74) is 0.198. The number of halogens is 3. The number of aliphatic hydroxyl groups is 1. The van der Waals surface area contributed by atoms with E-state index in [1.807, 2.05) is 18.2 Å². The van der Waals surface area contributed by atoms with Gasteiger partial charge in [0.2, 0.25) is 0 Å². The predicted octanol–water partition coefficient (Wildman–Crippen LogP) is 5.87. The fourth-order valence-corrected chi connectivity index (χ4v) is 4.44. The summed E-state index contributed by atoms with van der Waals surface area (Å²) < 4.78 is 1.55. The van der Waals surface area contributed by atoms with Crippen LogP contribution >= 0.6 is 43.5 Å². The number of rotatable bonds is 5. The van der Waals surface area contributed by atoms with Crippen LogP contribution in [-0.2, 0) is 16.9 Å². The van der Waals surface area contributed by atoms with Crippen molar-refractivity contribution >= 4 is 60.8 Å². The molecule has 1 atom stereocenters. The van der Waals surface area contributed by atoms with E-state index in [9.17, 15) is 14.7 Å². The highest BCUT2D eigenvalue weighted by Crippen LogP contribution is 2.45. The van der Waals surface area contributed by atoms with Crippen molar-refractivity contribution < 1.29 is 14.7 Å². The summed E-state index contributed by atoms with van der Waals surface area (Å²) >= 11 is 13.0. The lowest BCUT2D eigenvalue weighted by Crippen LogP contribution is -2.41. The molecule has 0 bridgehead atoms. The van der Waals surface area contributed by atoms with E-state index in [0.29, 0.717) is 26.3 Å². The highest BCUT2D eigenvalue weighted by molar-refractivity contribution is 9.10. The van der Waals surface area contributed by atoms with Crippen LogP contribution in [0.2, 0.25) is 5.02 Å². The Morgan fingerprint density at radius 2 is 1.67 bits per heavy atom. The number of nitrogens with zero attached hydrogens (tertiary/aromatic N) is 1. The summed E-state index contributed by atoms with van der Waals surface area (Å²) in [7, 11) is 0. The minimum Gasteiger partial charge on any atom is -0.375 e. The van der Waals surface area contributed by atoms with Crippen molar-refractivity contribution in [1.82, 2.24) is 0 Å². The van der Waals surface area contributed by atoms with Gasteiger partial charge in [-0.1, -0.05) is 73.8 Å². The standard InChI is InChI=1S/C23H16Br2ClNO3/c24-16-7-5-14(6-8-16)21(28)12-23(30)18-11-17(25)9-10-20(18)27(22(23)29)13-15-3-1-2-4-19(15)26/h1-11,30H,12-13H2/t23-/m1/s1. The number of benzene rings is 3. The number of amides is 1. The van der Waals surface area contributed by atoms with Crippen molar-refractivity contribution in [3.05, 3.63) is 97.4 Å². The SMILES string of the molecule is O=C(C[C@]1(O)C(=O)N(Cc2ccccc2Cl)c2ccc(Br)cc21)c1ccc(Br)cc1. The molecule has 3 aromatic rings. The molecule has 0 saturated heterocycles. The molecule has 30 heavy (non-hydrogen) atoms. The molecule has 1 aliphatic rings. The third-order valence-corrected chi connectivity index (χ3v) is 6.55. The second-order valence-corrected chi connectivity index (χ2v) is 9.35. The minimum atomic E-state index is -1.95. The topological polar surface area (TPSA) is 57.6 Å². The average Bonchev–Trinajstić information content (AvgIpc) is 2.91. The molecule has 7 heteroatoms. The first-order valence-electron chi connectivity index (χ1n) is 9.16. The van der Waals surface area contributed by atoms with Crippen LogP contribution in [0.25, 0.3) is 0 Å². The summed E-state index contributed by atoms with van der Waals surface area (Å²) in [5.74, 6) is -0.857. The predicted molar refractivity (Wildman–Crippen MR) is 124 cm³/mol. The zero-order valence-electron chi connectivity index (χ0n) is 15.6. The number of carbonyl (C=O) groups excluding carboxylic acids is 2. The maximum absolute atomic E-state index is 13.4. The van der Waals surface area contributed by atoms with Crippen molar-refractivity contribution in [2.45, 2.75) is 18.6 Å². The number of fused-ring (bicyclic) bond motifs is 1. The summed E-state index contributed by atoms with van der Waals surface area (Å²) in [6.07, 6.45) is -0.351. The monoisotopic (exact) mass is 547 g/mol. The van der Waals surface area contributed by atoms with E-state index >= 15 is 0 Å². The first kappa shape index (κ1) is 21.2. The van der Waals surface area contributed by atoms with Crippen molar-refractivity contribution in [2.24, 2.45) is 0 Å². The fourth-order valence-electron chi connectivity index (χ4n) is 3.62. The normalized spacial score (nSPS) is 17.9. The molecule has 0 aliphatic carbocycles. The van der Waals surface area contributed by atoms with E-state index in [-0.39, 0.29) is 18.7 Å². The molecule has 4 nitrogen and oxygen atoms in total. The van der Waals surface area contributed by atoms with E-state index in [4.69, 9.17) is 11.6 Å². The van der Waals surface area contributed by atoms with Crippen LogP contribution in [0.4, 0.5) is 5.69 Å². The van der Waals surface area contributed by atoms with Crippen molar-refractivity contribution in [3.8, 4) is 0 Å². The first-order valence-corrected chi connectivity index (χ1v) is 11.1. The van der Waals surface area contributed by atoms with Gasteiger partial charge in [-0.15, -0.1) is 0 Å². The molecule has 1 heterocycles. The maximum Gasteiger partial charge on any atom is 0.264 e. The van der Waals surface area contributed by atoms with Gasteiger partial charge in [-0.2, -0.15) is 0 Å². The molecule has 0 saturated carbocycles. The molecule has 152 valence electrons. The lowest BCUT2D eigenvalue weighted by atomic mass is 9.88. The van der Waals surface area contributed by atoms with Gasteiger partial charge in [0.1, 0.15) is 0 Å². The van der Waals surface area contributed by atoms with Crippen LogP contribution in [0, 0.1) is 0 Å². The Labute approximate surface area is 195 Å². The van der Waals surface area contributed by atoms with Gasteiger partial charge in [0, 0.05) is 25.1 Å². The van der Waals surface area contributed by atoms with Crippen LogP contribution in [0.1, 0.15) is 27.9 Å². The minimum absolute atomic E-state index is 0.196. The summed E-state index contributed by atoms with van der Waals surface area (Å²) in [6, 6.07) is 19.3. The van der Waals surface area contributed by atoms with Crippen LogP contribution < -0.4 is 4.90 Å². The van der Waals surface area contributed by atoms with Gasteiger partial charge < -0.3 is 10.0 Å². The quantitative estimate of drug-likeness (QED) is 0.405. The van der Waals surface area contributed by atoms with Crippen LogP contribution in [0.5, 0.6) is 0 Å². The molecule has 3 aromatic carbocycles. The van der Waals surface area contributed by atoms with Gasteiger partial charge in [0.15, 0.2) is 11.4 Å². The van der Waals surface area contributed by atoms with Gasteiger partial charge in [0.25, 0.3) is 5.91 Å². The van der Waals surface area contributed by atoms with Crippen LogP contribution in [0.15, 0.2) is 75.7 Å². The van der Waals surface area contributed by atoms with Gasteiger partial charge in [-0.3, -0.25) is 9.59 Å². The average molecular weight is 550 g/mol. The van der Waals surface area contributed by atoms with E-state index in [1.54, 1.807) is 48.5 Å². The van der Waals surface area contributed by atoms with Crippen molar-refractivity contribution in [1.29, 1.82) is 0 Å². The molecule has 1 amide bonds. The van der Waals surface area contributed by atoms with Gasteiger partial charge in [-0.25, -0.2) is 0 Å². The third kappa shape index (κ3) is 3.85. The Bertz CT molecular complexity index is 1150. The summed E-state index contributed by atoms with van der Waals surface area (Å²) in [4.78, 5) is 27.8. The molecule has 0 aromatic heterocycles. The van der Waals surface area contributed by atoms with E-state index in [0.717, 1.165) is 10.0 Å². The van der Waals surface area contributed by atoms with Gasteiger partial charge in [-0.05, 0) is 42.0 Å². The number of anilines is 1. The van der Waals surface area contributed by atoms with Crippen molar-refractivity contribution in [2.75, 3.05) is 4.90 Å². The maximum atomic E-state index is 13.4. The number of hydrogen-bond acceptors (Lipinski definition) is 3. The van der Waals surface area contributed by atoms with Crippen molar-refractivity contribution in [3.63, 3.8) is 0 Å². The highest BCUT2D eigenvalue weighted by atomic mass is 79.9. The molecule has 0 unspecified atom stereocenters. The van der Waals surface area contributed by atoms with Gasteiger partial charge >= 0.3 is 0 Å². The second-order valence-electron chi connectivity index (χ2n) is 7.11. The Morgan fingerprint density at radius 3 is 2.37 bits per heavy atom. The molecule has 0 radical (unpaired) electrons. The zero-order chi connectivity index (χ0) is 21.5. The molecular formula is C23H16Br2ClNO3. The number of Topliss-reactive ketones (excluding diaryl/α,β-unsaturated/α-hetero) is 1. The van der Waals surface area contributed by atoms with E-state index < -0.39 is 11.5 Å². The van der Waals surface area contributed by atoms with E-state index in [1.165, 1.54) is 4.90 Å². The molecule has 1 N–H and O–H groups in total. The summed E-state index contributed by atoms with van der Waals surface area (Å²) in [6.45, 7) is 0.196. The van der Waals surface area contributed by atoms with Gasteiger partial charge in [0.05, 0.1) is 18.7 Å². The Hall–Kier alpha value is -1.99. The molecule has 1 aliphatic heterocycles. The van der Waals surface area contributed by atoms with Crippen LogP contribution in [0.3, 0.4) is 0 Å². The molecule has 4 rings (SSSR count). The molecule has 0 fully saturated rings. The number of ketones is 1. The number of hydrogen-bond donors (Lipinski definition) is 1. The Morgan fingerprint density at radius 1 is 1.00 bits per heavy atom. The largest absolute Gasteiger partial charge is 0.375 e. The third-order valence-electron chi connectivity index (χ3n) is 5.16. The zero-order valence-corrected chi connectivity index (χ0v) is 19.5. The van der Waals surface area contributed by atoms with E-state index in [2.05, 4.69) is 31.9 Å². The lowest BCUT2D eigenvalue weighted by Gasteiger charge is -2.23. The van der Waals surface area contributed by atoms with Crippen LogP contribution in [-0.4, -0.2) is 16.8 Å². The summed E-state index contributed by atoms with van der Waals surface area (Å²) in [5, 5.41) is 12.0. The lowest BCUT2D eigenvalue weighted by molar-refractivity contribution is -0.136. The Balaban J connectivity index is 1.72. The second kappa shape index (κ2) is 8.27. The molecule has 0 spiro atoms. The highest BCUT2D eigenvalue weighted by Gasteiger charge is 2.51. The molecular weight excluding hydrogens is 534 g/mol. The fraction of sp³-hybridized carbons (Fsp3) is 0.130. The Kier molecular flexibility index (Phi) is 5.86.